The van der Waals surface area contributed by atoms with E-state index in [4.69, 9.17) is 14.2 Å². The summed E-state index contributed by atoms with van der Waals surface area (Å²) in [7, 11) is 0. The molecular formula is C20H16O4. The number of rotatable bonds is 4. The van der Waals surface area contributed by atoms with Gasteiger partial charge in [-0.2, -0.15) is 0 Å². The fraction of sp³-hybridized carbons (Fsp3) is 0.150. The van der Waals surface area contributed by atoms with Crippen molar-refractivity contribution in [2.45, 2.75) is 12.8 Å². The Morgan fingerprint density at radius 2 is 1.79 bits per heavy atom. The SMILES string of the molecule is O=C(CCc1ccc2c(c1)OCO2)Oc1cccc2ccccc12. The Morgan fingerprint density at radius 3 is 2.75 bits per heavy atom. The zero-order valence-corrected chi connectivity index (χ0v) is 13.0. The van der Waals surface area contributed by atoms with Gasteiger partial charge in [0.05, 0.1) is 0 Å². The maximum atomic E-state index is 12.2. The van der Waals surface area contributed by atoms with Gasteiger partial charge in [0.15, 0.2) is 11.5 Å². The predicted molar refractivity (Wildman–Crippen MR) is 90.5 cm³/mol. The number of hydrogen-bond acceptors (Lipinski definition) is 4. The fourth-order valence-electron chi connectivity index (χ4n) is 2.80. The summed E-state index contributed by atoms with van der Waals surface area (Å²) >= 11 is 0. The number of carbonyl (C=O) groups excluding carboxylic acids is 1. The number of aryl methyl sites for hydroxylation is 1. The second-order valence-electron chi connectivity index (χ2n) is 5.64. The molecule has 3 aromatic carbocycles. The van der Waals surface area contributed by atoms with Crippen molar-refractivity contribution < 1.29 is 19.0 Å². The van der Waals surface area contributed by atoms with Crippen LogP contribution in [0.25, 0.3) is 10.8 Å². The molecule has 0 fully saturated rings. The van der Waals surface area contributed by atoms with Gasteiger partial charge < -0.3 is 14.2 Å². The summed E-state index contributed by atoms with van der Waals surface area (Å²) in [4.78, 5) is 12.2. The van der Waals surface area contributed by atoms with Crippen molar-refractivity contribution in [2.24, 2.45) is 0 Å². The van der Waals surface area contributed by atoms with E-state index >= 15 is 0 Å². The molecule has 0 aromatic heterocycles. The van der Waals surface area contributed by atoms with E-state index in [0.717, 1.165) is 27.8 Å². The molecule has 1 aliphatic heterocycles. The van der Waals surface area contributed by atoms with Crippen LogP contribution >= 0.6 is 0 Å². The molecule has 0 radical (unpaired) electrons. The van der Waals surface area contributed by atoms with Crippen LogP contribution in [0.3, 0.4) is 0 Å². The molecule has 1 aliphatic rings. The number of benzene rings is 3. The summed E-state index contributed by atoms with van der Waals surface area (Å²) in [6.07, 6.45) is 0.906. The Bertz CT molecular complexity index is 896. The van der Waals surface area contributed by atoms with Gasteiger partial charge in [0.2, 0.25) is 6.79 Å². The maximum Gasteiger partial charge on any atom is 0.311 e. The first-order valence-corrected chi connectivity index (χ1v) is 7.86. The summed E-state index contributed by atoms with van der Waals surface area (Å²) in [6, 6.07) is 19.3. The summed E-state index contributed by atoms with van der Waals surface area (Å²) in [5.74, 6) is 1.83. The summed E-state index contributed by atoms with van der Waals surface area (Å²) < 4.78 is 16.2. The number of hydrogen-bond donors (Lipinski definition) is 0. The van der Waals surface area contributed by atoms with Gasteiger partial charge in [-0.15, -0.1) is 0 Å². The van der Waals surface area contributed by atoms with Crippen LogP contribution in [0, 0.1) is 0 Å². The molecule has 0 saturated heterocycles. The van der Waals surface area contributed by atoms with Gasteiger partial charge >= 0.3 is 5.97 Å². The van der Waals surface area contributed by atoms with Gasteiger partial charge in [0, 0.05) is 11.8 Å². The predicted octanol–water partition coefficient (Wildman–Crippen LogP) is 4.11. The molecule has 0 atom stereocenters. The van der Waals surface area contributed by atoms with Crippen LogP contribution < -0.4 is 14.2 Å². The monoisotopic (exact) mass is 320 g/mol. The summed E-state index contributed by atoms with van der Waals surface area (Å²) in [6.45, 7) is 0.252. The first kappa shape index (κ1) is 14.6. The molecule has 120 valence electrons. The van der Waals surface area contributed by atoms with Crippen LogP contribution in [0.15, 0.2) is 60.7 Å². The molecule has 0 spiro atoms. The first-order chi connectivity index (χ1) is 11.8. The highest BCUT2D eigenvalue weighted by molar-refractivity contribution is 5.90. The van der Waals surface area contributed by atoms with Crippen LogP contribution in [0.5, 0.6) is 17.2 Å². The average Bonchev–Trinajstić information content (AvgIpc) is 3.08. The van der Waals surface area contributed by atoms with Crippen molar-refractivity contribution in [1.82, 2.24) is 0 Å². The van der Waals surface area contributed by atoms with Crippen molar-refractivity contribution in [2.75, 3.05) is 6.79 Å². The van der Waals surface area contributed by atoms with Gasteiger partial charge in [-0.25, -0.2) is 0 Å². The van der Waals surface area contributed by atoms with E-state index in [1.54, 1.807) is 0 Å². The van der Waals surface area contributed by atoms with Crippen molar-refractivity contribution in [3.05, 3.63) is 66.2 Å². The van der Waals surface area contributed by atoms with Crippen molar-refractivity contribution in [3.8, 4) is 17.2 Å². The molecule has 0 aliphatic carbocycles. The summed E-state index contributed by atoms with van der Waals surface area (Å²) in [5, 5.41) is 2.00. The zero-order valence-electron chi connectivity index (χ0n) is 13.0. The lowest BCUT2D eigenvalue weighted by Gasteiger charge is -2.08. The molecule has 4 heteroatoms. The van der Waals surface area contributed by atoms with Crippen molar-refractivity contribution in [3.63, 3.8) is 0 Å². The normalized spacial score (nSPS) is 12.3. The smallest absolute Gasteiger partial charge is 0.311 e. The average molecular weight is 320 g/mol. The van der Waals surface area contributed by atoms with Crippen LogP contribution in [-0.2, 0) is 11.2 Å². The van der Waals surface area contributed by atoms with Gasteiger partial charge in [0.25, 0.3) is 0 Å². The first-order valence-electron chi connectivity index (χ1n) is 7.86. The van der Waals surface area contributed by atoms with Crippen LogP contribution in [0.2, 0.25) is 0 Å². The molecule has 0 amide bonds. The largest absolute Gasteiger partial charge is 0.454 e. The highest BCUT2D eigenvalue weighted by Gasteiger charge is 2.14. The lowest BCUT2D eigenvalue weighted by atomic mass is 10.1. The molecule has 0 unspecified atom stereocenters. The molecule has 0 N–H and O–H groups in total. The Balaban J connectivity index is 1.43. The second kappa shape index (κ2) is 6.24. The van der Waals surface area contributed by atoms with Gasteiger partial charge in [-0.05, 0) is 35.6 Å². The van der Waals surface area contributed by atoms with E-state index in [1.807, 2.05) is 60.7 Å². The molecular weight excluding hydrogens is 304 g/mol. The number of fused-ring (bicyclic) bond motifs is 2. The third kappa shape index (κ3) is 2.91. The topological polar surface area (TPSA) is 44.8 Å². The van der Waals surface area contributed by atoms with E-state index < -0.39 is 0 Å². The Labute approximate surface area is 139 Å². The van der Waals surface area contributed by atoms with E-state index in [-0.39, 0.29) is 12.8 Å². The molecule has 24 heavy (non-hydrogen) atoms. The third-order valence-electron chi connectivity index (χ3n) is 4.03. The minimum Gasteiger partial charge on any atom is -0.454 e. The minimum absolute atomic E-state index is 0.246. The van der Waals surface area contributed by atoms with Crippen LogP contribution in [-0.4, -0.2) is 12.8 Å². The Hall–Kier alpha value is -3.01. The fourth-order valence-corrected chi connectivity index (χ4v) is 2.80. The molecule has 4 nitrogen and oxygen atoms in total. The molecule has 1 heterocycles. The zero-order chi connectivity index (χ0) is 16.4. The highest BCUT2D eigenvalue weighted by atomic mass is 16.7. The Morgan fingerprint density at radius 1 is 0.958 bits per heavy atom. The van der Waals surface area contributed by atoms with E-state index in [2.05, 4.69) is 0 Å². The van der Waals surface area contributed by atoms with Crippen LogP contribution in [0.1, 0.15) is 12.0 Å². The second-order valence-corrected chi connectivity index (χ2v) is 5.64. The standard InChI is InChI=1S/C20H16O4/c21-20(11-9-14-8-10-18-19(12-14)23-13-22-18)24-17-7-3-5-15-4-1-2-6-16(15)17/h1-8,10,12H,9,11,13H2. The van der Waals surface area contributed by atoms with Gasteiger partial charge in [-0.3, -0.25) is 4.79 Å². The van der Waals surface area contributed by atoms with E-state index in [1.165, 1.54) is 0 Å². The molecule has 3 aromatic rings. The molecule has 0 saturated carbocycles. The van der Waals surface area contributed by atoms with Crippen molar-refractivity contribution in [1.29, 1.82) is 0 Å². The highest BCUT2D eigenvalue weighted by Crippen LogP contribution is 2.33. The Kier molecular flexibility index (Phi) is 3.79. The van der Waals surface area contributed by atoms with Crippen molar-refractivity contribution >= 4 is 16.7 Å². The lowest BCUT2D eigenvalue weighted by Crippen LogP contribution is -2.09. The van der Waals surface area contributed by atoms with Gasteiger partial charge in [-0.1, -0.05) is 42.5 Å². The summed E-state index contributed by atoms with van der Waals surface area (Å²) in [5.41, 5.74) is 1.02. The van der Waals surface area contributed by atoms with Crippen LogP contribution in [0.4, 0.5) is 0 Å². The third-order valence-corrected chi connectivity index (χ3v) is 4.03. The number of ether oxygens (including phenoxy) is 3. The molecule has 0 bridgehead atoms. The van der Waals surface area contributed by atoms with E-state index in [9.17, 15) is 4.79 Å². The maximum absolute atomic E-state index is 12.2. The minimum atomic E-state index is -0.246. The lowest BCUT2D eigenvalue weighted by molar-refractivity contribution is -0.134. The van der Waals surface area contributed by atoms with Gasteiger partial charge in [0.1, 0.15) is 5.75 Å². The quantitative estimate of drug-likeness (QED) is 0.536. The van der Waals surface area contributed by atoms with E-state index in [0.29, 0.717) is 18.6 Å². The number of carbonyl (C=O) groups is 1. The molecule has 4 rings (SSSR count). The number of esters is 1.